The molecule has 1 aliphatic rings. The first-order valence-electron chi connectivity index (χ1n) is 7.61. The molecule has 130 valence electrons. The normalized spacial score (nSPS) is 16.4. The highest BCUT2D eigenvalue weighted by Crippen LogP contribution is 2.15. The van der Waals surface area contributed by atoms with E-state index in [0.717, 1.165) is 0 Å². The van der Waals surface area contributed by atoms with Gasteiger partial charge in [0.05, 0.1) is 41.1 Å². The SMILES string of the molecule is CCOC(=O)C1=C(COC(=O)c2ccc(C#N)cc2)NC(=O)N[C@H]1C. The number of urea groups is 1. The van der Waals surface area contributed by atoms with Crippen LogP contribution in [-0.2, 0) is 14.3 Å². The molecular weight excluding hydrogens is 326 g/mol. The Morgan fingerprint density at radius 3 is 2.48 bits per heavy atom. The average Bonchev–Trinajstić information content (AvgIpc) is 2.59. The molecule has 1 aromatic carbocycles. The van der Waals surface area contributed by atoms with Crippen molar-refractivity contribution in [2.45, 2.75) is 19.9 Å². The molecule has 2 rings (SSSR count). The monoisotopic (exact) mass is 343 g/mol. The van der Waals surface area contributed by atoms with Crippen LogP contribution < -0.4 is 10.6 Å². The van der Waals surface area contributed by atoms with Crippen molar-refractivity contribution >= 4 is 18.0 Å². The molecule has 8 nitrogen and oxygen atoms in total. The number of rotatable bonds is 5. The summed E-state index contributed by atoms with van der Waals surface area (Å²) in [4.78, 5) is 35.8. The van der Waals surface area contributed by atoms with Crippen LogP contribution in [-0.4, -0.2) is 37.2 Å². The molecule has 2 amide bonds. The molecule has 0 fully saturated rings. The highest BCUT2D eigenvalue weighted by molar-refractivity contribution is 5.95. The molecule has 2 N–H and O–H groups in total. The third-order valence-corrected chi connectivity index (χ3v) is 3.46. The highest BCUT2D eigenvalue weighted by atomic mass is 16.5. The average molecular weight is 343 g/mol. The van der Waals surface area contributed by atoms with E-state index in [1.54, 1.807) is 13.8 Å². The molecule has 0 saturated heterocycles. The number of nitrogens with zero attached hydrogens (tertiary/aromatic N) is 1. The van der Waals surface area contributed by atoms with E-state index in [1.807, 2.05) is 6.07 Å². The Hall–Kier alpha value is -3.34. The van der Waals surface area contributed by atoms with Crippen LogP contribution in [0.3, 0.4) is 0 Å². The first kappa shape index (κ1) is 18.0. The summed E-state index contributed by atoms with van der Waals surface area (Å²) < 4.78 is 10.1. The van der Waals surface area contributed by atoms with Crippen molar-refractivity contribution < 1.29 is 23.9 Å². The van der Waals surface area contributed by atoms with Gasteiger partial charge in [-0.1, -0.05) is 0 Å². The third kappa shape index (κ3) is 4.35. The number of esters is 2. The fourth-order valence-corrected chi connectivity index (χ4v) is 2.30. The molecule has 0 bridgehead atoms. The minimum atomic E-state index is -0.638. The summed E-state index contributed by atoms with van der Waals surface area (Å²) in [5, 5.41) is 13.8. The Balaban J connectivity index is 2.15. The van der Waals surface area contributed by atoms with Crippen molar-refractivity contribution in [1.82, 2.24) is 10.6 Å². The van der Waals surface area contributed by atoms with Crippen LogP contribution >= 0.6 is 0 Å². The van der Waals surface area contributed by atoms with Gasteiger partial charge in [-0.3, -0.25) is 0 Å². The minimum absolute atomic E-state index is 0.177. The molecule has 0 aliphatic carbocycles. The number of hydrogen-bond donors (Lipinski definition) is 2. The van der Waals surface area contributed by atoms with Crippen molar-refractivity contribution in [3.63, 3.8) is 0 Å². The van der Waals surface area contributed by atoms with Gasteiger partial charge in [-0.05, 0) is 38.1 Å². The van der Waals surface area contributed by atoms with E-state index in [2.05, 4.69) is 10.6 Å². The fourth-order valence-electron chi connectivity index (χ4n) is 2.30. The van der Waals surface area contributed by atoms with E-state index >= 15 is 0 Å². The molecule has 0 spiro atoms. The first-order chi connectivity index (χ1) is 12.0. The van der Waals surface area contributed by atoms with Gasteiger partial charge in [0.1, 0.15) is 6.61 Å². The number of carbonyl (C=O) groups excluding carboxylic acids is 3. The maximum absolute atomic E-state index is 12.1. The zero-order valence-corrected chi connectivity index (χ0v) is 13.8. The Kier molecular flexibility index (Phi) is 5.74. The van der Waals surface area contributed by atoms with Gasteiger partial charge in [0.15, 0.2) is 0 Å². The van der Waals surface area contributed by atoms with Crippen LogP contribution in [0, 0.1) is 11.3 Å². The predicted octanol–water partition coefficient (Wildman–Crippen LogP) is 1.23. The molecule has 25 heavy (non-hydrogen) atoms. The third-order valence-electron chi connectivity index (χ3n) is 3.46. The lowest BCUT2D eigenvalue weighted by Gasteiger charge is -2.26. The van der Waals surface area contributed by atoms with Crippen LogP contribution in [0.5, 0.6) is 0 Å². The van der Waals surface area contributed by atoms with E-state index in [0.29, 0.717) is 5.56 Å². The quantitative estimate of drug-likeness (QED) is 0.777. The molecule has 0 radical (unpaired) electrons. The molecule has 0 unspecified atom stereocenters. The lowest BCUT2D eigenvalue weighted by atomic mass is 10.0. The zero-order chi connectivity index (χ0) is 18.4. The molecule has 1 aliphatic heterocycles. The highest BCUT2D eigenvalue weighted by Gasteiger charge is 2.30. The molecule has 1 atom stereocenters. The van der Waals surface area contributed by atoms with Crippen LogP contribution in [0.4, 0.5) is 4.79 Å². The number of nitriles is 1. The number of hydrogen-bond acceptors (Lipinski definition) is 6. The number of nitrogens with one attached hydrogen (secondary N) is 2. The first-order valence-corrected chi connectivity index (χ1v) is 7.61. The standard InChI is InChI=1S/C17H17N3O5/c1-3-24-16(22)14-10(2)19-17(23)20-13(14)9-25-15(21)12-6-4-11(8-18)5-7-12/h4-7,10H,3,9H2,1-2H3,(H2,19,20,23)/t10-/m0/s1. The number of amides is 2. The Bertz CT molecular complexity index is 761. The van der Waals surface area contributed by atoms with Gasteiger partial charge >= 0.3 is 18.0 Å². The van der Waals surface area contributed by atoms with Crippen molar-refractivity contribution in [3.8, 4) is 6.07 Å². The fraction of sp³-hybridized carbons (Fsp3) is 0.294. The van der Waals surface area contributed by atoms with Gasteiger partial charge < -0.3 is 20.1 Å². The maximum Gasteiger partial charge on any atom is 0.338 e. The summed E-state index contributed by atoms with van der Waals surface area (Å²) in [6.45, 7) is 3.20. The van der Waals surface area contributed by atoms with Crippen molar-refractivity contribution in [2.24, 2.45) is 0 Å². The number of benzene rings is 1. The predicted molar refractivity (Wildman–Crippen MR) is 86.2 cm³/mol. The largest absolute Gasteiger partial charge is 0.463 e. The van der Waals surface area contributed by atoms with Gasteiger partial charge in [0.2, 0.25) is 0 Å². The lowest BCUT2D eigenvalue weighted by Crippen LogP contribution is -2.50. The lowest BCUT2D eigenvalue weighted by molar-refractivity contribution is -0.139. The molecule has 0 aromatic heterocycles. The zero-order valence-electron chi connectivity index (χ0n) is 13.8. The minimum Gasteiger partial charge on any atom is -0.463 e. The van der Waals surface area contributed by atoms with Gasteiger partial charge in [-0.25, -0.2) is 14.4 Å². The van der Waals surface area contributed by atoms with Crippen LogP contribution in [0.15, 0.2) is 35.5 Å². The van der Waals surface area contributed by atoms with Gasteiger partial charge in [0.25, 0.3) is 0 Å². The Morgan fingerprint density at radius 1 is 1.20 bits per heavy atom. The second-order valence-electron chi connectivity index (χ2n) is 5.20. The second-order valence-corrected chi connectivity index (χ2v) is 5.20. The molecular formula is C17H17N3O5. The number of carbonyl (C=O) groups is 3. The Labute approximate surface area is 144 Å². The van der Waals surface area contributed by atoms with E-state index < -0.39 is 24.0 Å². The summed E-state index contributed by atoms with van der Waals surface area (Å²) in [5.41, 5.74) is 1.06. The summed E-state index contributed by atoms with van der Waals surface area (Å²) >= 11 is 0. The summed E-state index contributed by atoms with van der Waals surface area (Å²) in [7, 11) is 0. The molecule has 0 saturated carbocycles. The van der Waals surface area contributed by atoms with Crippen molar-refractivity contribution in [1.29, 1.82) is 5.26 Å². The van der Waals surface area contributed by atoms with E-state index in [9.17, 15) is 14.4 Å². The van der Waals surface area contributed by atoms with Crippen LogP contribution in [0.1, 0.15) is 29.8 Å². The van der Waals surface area contributed by atoms with Crippen molar-refractivity contribution in [2.75, 3.05) is 13.2 Å². The van der Waals surface area contributed by atoms with E-state index in [-0.39, 0.29) is 30.0 Å². The maximum atomic E-state index is 12.1. The number of ether oxygens (including phenoxy) is 2. The summed E-state index contributed by atoms with van der Waals surface area (Å²) in [6, 6.07) is 6.80. The van der Waals surface area contributed by atoms with E-state index in [4.69, 9.17) is 14.7 Å². The van der Waals surface area contributed by atoms with Crippen LogP contribution in [0.2, 0.25) is 0 Å². The van der Waals surface area contributed by atoms with Gasteiger partial charge in [-0.2, -0.15) is 5.26 Å². The smallest absolute Gasteiger partial charge is 0.338 e. The Morgan fingerprint density at radius 2 is 1.88 bits per heavy atom. The topological polar surface area (TPSA) is 118 Å². The summed E-state index contributed by atoms with van der Waals surface area (Å²) in [5.74, 6) is -1.23. The van der Waals surface area contributed by atoms with E-state index in [1.165, 1.54) is 24.3 Å². The van der Waals surface area contributed by atoms with Crippen molar-refractivity contribution in [3.05, 3.63) is 46.7 Å². The molecule has 1 aromatic rings. The van der Waals surface area contributed by atoms with Gasteiger partial charge in [-0.15, -0.1) is 0 Å². The van der Waals surface area contributed by atoms with Crippen LogP contribution in [0.25, 0.3) is 0 Å². The summed E-state index contributed by atoms with van der Waals surface area (Å²) in [6.07, 6.45) is 0. The molecule has 1 heterocycles. The second kappa shape index (κ2) is 7.97. The molecule has 8 heteroatoms. The van der Waals surface area contributed by atoms with Gasteiger partial charge in [0, 0.05) is 0 Å².